The Morgan fingerprint density at radius 2 is 2.00 bits per heavy atom. The number of esters is 1. The van der Waals surface area contributed by atoms with Gasteiger partial charge in [-0.2, -0.15) is 4.98 Å². The Labute approximate surface area is 131 Å². The molecule has 0 aromatic carbocycles. The number of halogens is 2. The van der Waals surface area contributed by atoms with Gasteiger partial charge in [0.1, 0.15) is 10.8 Å². The van der Waals surface area contributed by atoms with Gasteiger partial charge in [0.2, 0.25) is 5.28 Å². The van der Waals surface area contributed by atoms with Crippen LogP contribution in [0.15, 0.2) is 18.3 Å². The Balaban J connectivity index is 2.56. The lowest BCUT2D eigenvalue weighted by molar-refractivity contribution is 0.0594. The molecule has 0 bridgehead atoms. The zero-order valence-electron chi connectivity index (χ0n) is 11.6. The first-order chi connectivity index (χ1) is 9.95. The third-order valence-electron chi connectivity index (χ3n) is 2.80. The van der Waals surface area contributed by atoms with Gasteiger partial charge in [-0.25, -0.2) is 14.8 Å². The summed E-state index contributed by atoms with van der Waals surface area (Å²) in [4.78, 5) is 25.5. The molecule has 2 heterocycles. The lowest BCUT2D eigenvalue weighted by atomic mass is 10.2. The van der Waals surface area contributed by atoms with Crippen molar-refractivity contribution in [1.29, 1.82) is 0 Å². The number of methoxy groups -OCH3 is 1. The van der Waals surface area contributed by atoms with E-state index in [0.29, 0.717) is 5.82 Å². The van der Waals surface area contributed by atoms with Crippen LogP contribution in [0.5, 0.6) is 0 Å². The highest BCUT2D eigenvalue weighted by atomic mass is 35.5. The van der Waals surface area contributed by atoms with E-state index in [-0.39, 0.29) is 21.8 Å². The zero-order valence-corrected chi connectivity index (χ0v) is 13.1. The SMILES string of the molecule is COC(=O)c1nc(Cl)nc(N(C)c2ncccc2C)c1Cl. The smallest absolute Gasteiger partial charge is 0.358 e. The molecule has 0 fully saturated rings. The third kappa shape index (κ3) is 3.06. The van der Waals surface area contributed by atoms with E-state index in [1.807, 2.05) is 19.1 Å². The van der Waals surface area contributed by atoms with Crippen LogP contribution in [-0.2, 0) is 4.74 Å². The average molecular weight is 327 g/mol. The summed E-state index contributed by atoms with van der Waals surface area (Å²) in [5.74, 6) is 0.237. The summed E-state index contributed by atoms with van der Waals surface area (Å²) in [6.07, 6.45) is 1.65. The number of aryl methyl sites for hydroxylation is 1. The van der Waals surface area contributed by atoms with E-state index < -0.39 is 5.97 Å². The van der Waals surface area contributed by atoms with Crippen LogP contribution in [0.3, 0.4) is 0 Å². The van der Waals surface area contributed by atoms with Gasteiger partial charge in [0, 0.05) is 13.2 Å². The Hall–Kier alpha value is -1.92. The van der Waals surface area contributed by atoms with Crippen LogP contribution >= 0.6 is 23.2 Å². The average Bonchev–Trinajstić information content (AvgIpc) is 2.48. The molecular weight excluding hydrogens is 315 g/mol. The minimum atomic E-state index is -0.684. The van der Waals surface area contributed by atoms with Gasteiger partial charge in [-0.05, 0) is 30.2 Å². The normalized spacial score (nSPS) is 10.3. The van der Waals surface area contributed by atoms with Gasteiger partial charge >= 0.3 is 5.97 Å². The van der Waals surface area contributed by atoms with Crippen molar-refractivity contribution in [3.8, 4) is 0 Å². The van der Waals surface area contributed by atoms with Crippen molar-refractivity contribution < 1.29 is 9.53 Å². The van der Waals surface area contributed by atoms with Crippen LogP contribution in [0.1, 0.15) is 16.1 Å². The van der Waals surface area contributed by atoms with Crippen molar-refractivity contribution in [3.63, 3.8) is 0 Å². The summed E-state index contributed by atoms with van der Waals surface area (Å²) in [6, 6.07) is 3.72. The number of pyridine rings is 1. The molecule has 6 nitrogen and oxygen atoms in total. The van der Waals surface area contributed by atoms with Gasteiger partial charge in [-0.3, -0.25) is 0 Å². The number of hydrogen-bond donors (Lipinski definition) is 0. The number of nitrogens with zero attached hydrogens (tertiary/aromatic N) is 4. The van der Waals surface area contributed by atoms with Crippen molar-refractivity contribution >= 4 is 40.8 Å². The zero-order chi connectivity index (χ0) is 15.6. The minimum absolute atomic E-state index is 0.0544. The van der Waals surface area contributed by atoms with Gasteiger partial charge in [-0.15, -0.1) is 0 Å². The van der Waals surface area contributed by atoms with Gasteiger partial charge in [0.15, 0.2) is 11.5 Å². The molecule has 21 heavy (non-hydrogen) atoms. The van der Waals surface area contributed by atoms with Crippen LogP contribution in [0.25, 0.3) is 0 Å². The van der Waals surface area contributed by atoms with E-state index in [4.69, 9.17) is 23.2 Å². The van der Waals surface area contributed by atoms with E-state index in [2.05, 4.69) is 19.7 Å². The highest BCUT2D eigenvalue weighted by Gasteiger charge is 2.22. The topological polar surface area (TPSA) is 68.2 Å². The molecule has 0 spiro atoms. The largest absolute Gasteiger partial charge is 0.464 e. The van der Waals surface area contributed by atoms with Crippen LogP contribution in [-0.4, -0.2) is 35.1 Å². The van der Waals surface area contributed by atoms with Gasteiger partial charge < -0.3 is 9.64 Å². The molecule has 0 atom stereocenters. The molecule has 0 aliphatic carbocycles. The third-order valence-corrected chi connectivity index (χ3v) is 3.32. The van der Waals surface area contributed by atoms with Crippen molar-refractivity contribution in [2.24, 2.45) is 0 Å². The maximum absolute atomic E-state index is 11.7. The first-order valence-corrected chi connectivity index (χ1v) is 6.68. The fraction of sp³-hybridized carbons (Fsp3) is 0.231. The number of rotatable bonds is 3. The molecule has 8 heteroatoms. The summed E-state index contributed by atoms with van der Waals surface area (Å²) < 4.78 is 4.63. The van der Waals surface area contributed by atoms with Crippen LogP contribution in [0.4, 0.5) is 11.6 Å². The highest BCUT2D eigenvalue weighted by Crippen LogP contribution is 2.32. The molecular formula is C13H12Cl2N4O2. The van der Waals surface area contributed by atoms with Crippen molar-refractivity contribution in [1.82, 2.24) is 15.0 Å². The molecule has 0 saturated heterocycles. The molecule has 2 rings (SSSR count). The maximum atomic E-state index is 11.7. The van der Waals surface area contributed by atoms with E-state index in [0.717, 1.165) is 5.56 Å². The monoisotopic (exact) mass is 326 g/mol. The molecule has 110 valence electrons. The molecule has 0 amide bonds. The van der Waals surface area contributed by atoms with Crippen LogP contribution in [0, 0.1) is 6.92 Å². The predicted molar refractivity (Wildman–Crippen MR) is 80.4 cm³/mol. The van der Waals surface area contributed by atoms with Crippen molar-refractivity contribution in [2.75, 3.05) is 19.1 Å². The molecule has 2 aromatic rings. The molecule has 0 unspecified atom stereocenters. The summed E-state index contributed by atoms with van der Waals surface area (Å²) in [5.41, 5.74) is 0.833. The summed E-state index contributed by atoms with van der Waals surface area (Å²) in [7, 11) is 2.96. The standard InChI is InChI=1S/C13H12Cl2N4O2/c1-7-5-4-6-16-10(7)19(2)11-8(14)9(12(20)21-3)17-13(15)18-11/h4-6H,1-3H3. The predicted octanol–water partition coefficient (Wildman–Crippen LogP) is 3.04. The fourth-order valence-electron chi connectivity index (χ4n) is 1.79. The summed E-state index contributed by atoms with van der Waals surface area (Å²) in [5, 5.41) is -0.0472. The Kier molecular flexibility index (Phi) is 4.59. The second kappa shape index (κ2) is 6.24. The molecule has 0 N–H and O–H groups in total. The van der Waals surface area contributed by atoms with Crippen molar-refractivity contribution in [2.45, 2.75) is 6.92 Å². The van der Waals surface area contributed by atoms with Gasteiger partial charge in [0.25, 0.3) is 0 Å². The number of carbonyl (C=O) groups is 1. The first-order valence-electron chi connectivity index (χ1n) is 5.92. The number of aromatic nitrogens is 3. The summed E-state index contributed by atoms with van der Waals surface area (Å²) >= 11 is 12.1. The lowest BCUT2D eigenvalue weighted by Gasteiger charge is -2.20. The minimum Gasteiger partial charge on any atom is -0.464 e. The van der Waals surface area contributed by atoms with Crippen LogP contribution < -0.4 is 4.90 Å². The molecule has 2 aromatic heterocycles. The number of hydrogen-bond acceptors (Lipinski definition) is 6. The molecule has 0 radical (unpaired) electrons. The highest BCUT2D eigenvalue weighted by molar-refractivity contribution is 6.36. The van der Waals surface area contributed by atoms with E-state index in [1.54, 1.807) is 18.1 Å². The Morgan fingerprint density at radius 3 is 2.62 bits per heavy atom. The molecule has 0 aliphatic heterocycles. The quantitative estimate of drug-likeness (QED) is 0.637. The van der Waals surface area contributed by atoms with Gasteiger partial charge in [0.05, 0.1) is 7.11 Å². The second-order valence-corrected chi connectivity index (χ2v) is 4.89. The molecule has 0 saturated carbocycles. The number of anilines is 2. The van der Waals surface area contributed by atoms with E-state index in [9.17, 15) is 4.79 Å². The van der Waals surface area contributed by atoms with Gasteiger partial charge in [-0.1, -0.05) is 17.7 Å². The first kappa shape index (κ1) is 15.5. The lowest BCUT2D eigenvalue weighted by Crippen LogP contribution is -2.17. The number of ether oxygens (including phenoxy) is 1. The Morgan fingerprint density at radius 1 is 1.29 bits per heavy atom. The van der Waals surface area contributed by atoms with E-state index in [1.165, 1.54) is 7.11 Å². The molecule has 0 aliphatic rings. The van der Waals surface area contributed by atoms with Crippen LogP contribution in [0.2, 0.25) is 10.3 Å². The fourth-order valence-corrected chi connectivity index (χ4v) is 2.24. The maximum Gasteiger partial charge on any atom is 0.358 e. The van der Waals surface area contributed by atoms with Crippen molar-refractivity contribution in [3.05, 3.63) is 39.9 Å². The van der Waals surface area contributed by atoms with E-state index >= 15 is 0 Å². The number of carbonyl (C=O) groups excluding carboxylic acids is 1. The summed E-state index contributed by atoms with van der Waals surface area (Å²) in [6.45, 7) is 1.90. The second-order valence-electron chi connectivity index (χ2n) is 4.17. The Bertz CT molecular complexity index is 694.